The van der Waals surface area contributed by atoms with Crippen LogP contribution in [0.5, 0.6) is 0 Å². The Morgan fingerprint density at radius 2 is 1.51 bits per heavy atom. The van der Waals surface area contributed by atoms with E-state index in [9.17, 15) is 43.2 Å². The van der Waals surface area contributed by atoms with Gasteiger partial charge in [0.05, 0.1) is 24.2 Å². The zero-order valence-electron chi connectivity index (χ0n) is 20.9. The first-order chi connectivity index (χ1) is 17.9. The fraction of sp³-hybridized carbons (Fsp3) is 0.333. The van der Waals surface area contributed by atoms with Gasteiger partial charge in [-0.25, -0.2) is 26.0 Å². The van der Waals surface area contributed by atoms with Crippen LogP contribution in [0.2, 0.25) is 0 Å². The zero-order valence-corrected chi connectivity index (χ0v) is 22.5. The van der Waals surface area contributed by atoms with E-state index in [4.69, 9.17) is 5.41 Å². The predicted molar refractivity (Wildman–Crippen MR) is 132 cm³/mol. The standard InChI is InChI=1S/C15H7F6NO4S2.C9H17N2/c16-14(17,18)27(23,24)11-6-9-8-4-2-1-3-7(8)5-10(9)12(22)13(11)28(25,26)15(19,20)21;1-4-5-6-11-8-7-10(3)9(11)2/h1-6,22H;7-8H,4-6H2,1-3H3/q;+1. The summed E-state index contributed by atoms with van der Waals surface area (Å²) < 4.78 is 130. The molecule has 0 bridgehead atoms. The fourth-order valence-corrected chi connectivity index (χ4v) is 6.38. The van der Waals surface area contributed by atoms with Crippen molar-refractivity contribution in [3.05, 3.63) is 75.1 Å². The summed E-state index contributed by atoms with van der Waals surface area (Å²) in [5.74, 6) is 1.33. The van der Waals surface area contributed by atoms with Gasteiger partial charge in [0, 0.05) is 12.5 Å². The smallest absolute Gasteiger partial charge is 0.299 e. The van der Waals surface area contributed by atoms with Gasteiger partial charge in [-0.05, 0) is 35.3 Å². The zero-order chi connectivity index (χ0) is 29.6. The Bertz CT molecular complexity index is 1630. The van der Waals surface area contributed by atoms with Gasteiger partial charge in [0.25, 0.3) is 25.5 Å². The number of hydrogen-bond acceptors (Lipinski definition) is 5. The predicted octanol–water partition coefficient (Wildman–Crippen LogP) is 5.00. The van der Waals surface area contributed by atoms with E-state index < -0.39 is 51.8 Å². The maximum absolute atomic E-state index is 13.0. The van der Waals surface area contributed by atoms with Gasteiger partial charge in [-0.3, -0.25) is 5.41 Å². The minimum atomic E-state index is -6.58. The summed E-state index contributed by atoms with van der Waals surface area (Å²) in [6.07, 6.45) is 8.11. The van der Waals surface area contributed by atoms with Crippen LogP contribution in [0, 0.1) is 12.3 Å². The number of sulfone groups is 2. The molecule has 1 N–H and O–H groups in total. The molecule has 0 saturated carbocycles. The van der Waals surface area contributed by atoms with Gasteiger partial charge in [0.15, 0.2) is 0 Å². The van der Waals surface area contributed by atoms with Crippen LogP contribution in [0.25, 0.3) is 11.6 Å². The van der Waals surface area contributed by atoms with Crippen molar-refractivity contribution in [2.75, 3.05) is 0 Å². The van der Waals surface area contributed by atoms with E-state index in [0.29, 0.717) is 0 Å². The number of nitrogens with one attached hydrogen (secondary N) is 1. The lowest BCUT2D eigenvalue weighted by molar-refractivity contribution is -0.677. The van der Waals surface area contributed by atoms with Crippen molar-refractivity contribution >= 4 is 37.0 Å². The van der Waals surface area contributed by atoms with Crippen molar-refractivity contribution in [3.63, 3.8) is 0 Å². The summed E-state index contributed by atoms with van der Waals surface area (Å²) in [4.78, 5) is -4.38. The van der Waals surface area contributed by atoms with Gasteiger partial charge >= 0.3 is 11.0 Å². The molecule has 212 valence electrons. The number of hydrogen-bond donors (Lipinski definition) is 1. The number of aromatic nitrogens is 2. The molecule has 0 aliphatic heterocycles. The number of rotatable bonds is 5. The second-order valence-electron chi connectivity index (χ2n) is 8.67. The number of halogens is 6. The number of aryl methyl sites for hydroxylation is 2. The highest BCUT2D eigenvalue weighted by Gasteiger charge is 2.57. The lowest BCUT2D eigenvalue weighted by Crippen LogP contribution is -2.35. The molecule has 1 aromatic heterocycles. The molecular weight excluding hydrogens is 572 g/mol. The molecule has 39 heavy (non-hydrogen) atoms. The van der Waals surface area contributed by atoms with E-state index in [1.807, 2.05) is 0 Å². The van der Waals surface area contributed by atoms with Gasteiger partial charge in [-0.15, -0.1) is 0 Å². The SMILES string of the molecule is CCCCn1cc[n+](C)c1C.N=C1C2=Cc3ccccc3C2=CC(S(=O)(=O)C(F)(F)F)=C1S(=O)(=O)C(F)(F)F. The first-order valence-corrected chi connectivity index (χ1v) is 14.3. The van der Waals surface area contributed by atoms with Crippen molar-refractivity contribution in [2.45, 2.75) is 44.3 Å². The highest BCUT2D eigenvalue weighted by molar-refractivity contribution is 8.00. The van der Waals surface area contributed by atoms with Crippen LogP contribution in [-0.2, 0) is 33.3 Å². The first kappa shape index (κ1) is 30.3. The Kier molecular flexibility index (Phi) is 8.10. The van der Waals surface area contributed by atoms with E-state index in [0.717, 1.165) is 12.6 Å². The van der Waals surface area contributed by atoms with E-state index in [2.05, 4.69) is 42.4 Å². The van der Waals surface area contributed by atoms with E-state index >= 15 is 0 Å². The van der Waals surface area contributed by atoms with E-state index in [1.54, 1.807) is 0 Å². The lowest BCUT2D eigenvalue weighted by atomic mass is 9.95. The molecular formula is C24H24F6N3O4S2+. The third-order valence-electron chi connectivity index (χ3n) is 6.15. The molecule has 1 aromatic carbocycles. The number of fused-ring (bicyclic) bond motifs is 3. The van der Waals surface area contributed by atoms with Crippen molar-refractivity contribution in [1.29, 1.82) is 5.41 Å². The van der Waals surface area contributed by atoms with Crippen LogP contribution >= 0.6 is 0 Å². The van der Waals surface area contributed by atoms with E-state index in [-0.39, 0.29) is 22.8 Å². The molecule has 2 aromatic rings. The number of unbranched alkanes of at least 4 members (excludes halogenated alkanes) is 1. The molecule has 0 fully saturated rings. The van der Waals surface area contributed by atoms with Crippen LogP contribution in [0.3, 0.4) is 0 Å². The molecule has 15 heteroatoms. The second kappa shape index (κ2) is 10.4. The number of nitrogens with zero attached hydrogens (tertiary/aromatic N) is 2. The third kappa shape index (κ3) is 5.46. The maximum Gasteiger partial charge on any atom is 0.502 e. The minimum absolute atomic E-state index is 0.153. The molecule has 4 rings (SSSR count). The van der Waals surface area contributed by atoms with Crippen molar-refractivity contribution in [1.82, 2.24) is 4.57 Å². The minimum Gasteiger partial charge on any atom is -0.299 e. The number of benzene rings is 1. The second-order valence-corrected chi connectivity index (χ2v) is 12.5. The van der Waals surface area contributed by atoms with Gasteiger partial charge < -0.3 is 0 Å². The van der Waals surface area contributed by atoms with Crippen LogP contribution < -0.4 is 4.57 Å². The first-order valence-electron chi connectivity index (χ1n) is 11.4. The highest BCUT2D eigenvalue weighted by atomic mass is 32.2. The van der Waals surface area contributed by atoms with Crippen LogP contribution in [0.1, 0.15) is 36.7 Å². The quantitative estimate of drug-likeness (QED) is 0.388. The molecule has 1 heterocycles. The van der Waals surface area contributed by atoms with Crippen LogP contribution in [-0.4, -0.2) is 38.1 Å². The van der Waals surface area contributed by atoms with Gasteiger partial charge in [0.2, 0.25) is 0 Å². The van der Waals surface area contributed by atoms with Crippen molar-refractivity contribution in [3.8, 4) is 0 Å². The summed E-state index contributed by atoms with van der Waals surface area (Å²) in [5.41, 5.74) is -13.9. The molecule has 2 aliphatic rings. The lowest BCUT2D eigenvalue weighted by Gasteiger charge is -2.23. The normalized spacial score (nSPS) is 15.8. The average Bonchev–Trinajstić information content (AvgIpc) is 3.36. The Labute approximate surface area is 221 Å². The molecule has 2 aliphatic carbocycles. The van der Waals surface area contributed by atoms with Crippen LogP contribution in [0.4, 0.5) is 26.3 Å². The van der Waals surface area contributed by atoms with E-state index in [1.165, 1.54) is 42.9 Å². The highest BCUT2D eigenvalue weighted by Crippen LogP contribution is 2.47. The molecule has 0 saturated heterocycles. The molecule has 0 amide bonds. The summed E-state index contributed by atoms with van der Waals surface area (Å²) in [7, 11) is -11.0. The summed E-state index contributed by atoms with van der Waals surface area (Å²) in [6, 6.07) is 5.69. The van der Waals surface area contributed by atoms with Crippen molar-refractivity contribution < 1.29 is 47.7 Å². The van der Waals surface area contributed by atoms with Gasteiger partial charge in [-0.1, -0.05) is 37.6 Å². The van der Waals surface area contributed by atoms with Crippen LogP contribution in [0.15, 0.2) is 58.1 Å². The van der Waals surface area contributed by atoms with Crippen molar-refractivity contribution in [2.24, 2.45) is 7.05 Å². The molecule has 0 spiro atoms. The number of alkyl halides is 6. The molecule has 7 nitrogen and oxygen atoms in total. The third-order valence-corrected chi connectivity index (χ3v) is 9.36. The average molecular weight is 597 g/mol. The monoisotopic (exact) mass is 596 g/mol. The molecule has 0 radical (unpaired) electrons. The summed E-state index contributed by atoms with van der Waals surface area (Å²) >= 11 is 0. The topological polar surface area (TPSA) is 101 Å². The maximum atomic E-state index is 13.0. The number of imidazole rings is 1. The molecule has 0 unspecified atom stereocenters. The van der Waals surface area contributed by atoms with Gasteiger partial charge in [-0.2, -0.15) is 26.3 Å². The largest absolute Gasteiger partial charge is 0.502 e. The summed E-state index contributed by atoms with van der Waals surface area (Å²) in [6.45, 7) is 5.53. The number of allylic oxidation sites excluding steroid dienone is 4. The Hall–Kier alpha value is -3.20. The Morgan fingerprint density at radius 3 is 2.03 bits per heavy atom. The van der Waals surface area contributed by atoms with Gasteiger partial charge in [0.1, 0.15) is 17.3 Å². The summed E-state index contributed by atoms with van der Waals surface area (Å²) in [5, 5.41) is 7.82. The molecule has 0 atom stereocenters. The Morgan fingerprint density at radius 1 is 0.923 bits per heavy atom. The Balaban J connectivity index is 0.000000320. The fourth-order valence-electron chi connectivity index (χ4n) is 3.92.